The molecule has 0 spiro atoms. The normalized spacial score (nSPS) is 29.9. The number of nitrogens with one attached hydrogen (secondary N) is 2. The van der Waals surface area contributed by atoms with Crippen molar-refractivity contribution >= 4 is 5.91 Å². The van der Waals surface area contributed by atoms with Crippen LogP contribution in [0.2, 0.25) is 0 Å². The molecule has 0 saturated heterocycles. The standard InChI is InChI=1S/C14H26N2O2/c1-10-2-6-12(7-3-10)16-14(18)8-15-13(9-17)11-4-5-11/h10-13,15,17H,2-9H2,1H3,(H,16,18)/t10?,12?,13-/m1/s1. The van der Waals surface area contributed by atoms with Crippen LogP contribution in [-0.4, -0.2) is 36.2 Å². The minimum absolute atomic E-state index is 0.0775. The van der Waals surface area contributed by atoms with Gasteiger partial charge in [0.15, 0.2) is 0 Å². The molecule has 0 unspecified atom stereocenters. The summed E-state index contributed by atoms with van der Waals surface area (Å²) >= 11 is 0. The van der Waals surface area contributed by atoms with E-state index in [-0.39, 0.29) is 18.6 Å². The van der Waals surface area contributed by atoms with Crippen LogP contribution in [-0.2, 0) is 4.79 Å². The molecule has 0 bridgehead atoms. The van der Waals surface area contributed by atoms with Crippen LogP contribution in [0.15, 0.2) is 0 Å². The van der Waals surface area contributed by atoms with Gasteiger partial charge in [-0.15, -0.1) is 0 Å². The summed E-state index contributed by atoms with van der Waals surface area (Å²) in [4.78, 5) is 11.8. The topological polar surface area (TPSA) is 61.4 Å². The lowest BCUT2D eigenvalue weighted by Gasteiger charge is -2.27. The predicted octanol–water partition coefficient (Wildman–Crippen LogP) is 1.04. The Hall–Kier alpha value is -0.610. The SMILES string of the molecule is CC1CCC(NC(=O)CN[C@H](CO)C2CC2)CC1. The van der Waals surface area contributed by atoms with Crippen LogP contribution in [0.25, 0.3) is 0 Å². The van der Waals surface area contributed by atoms with Crippen molar-refractivity contribution in [2.45, 2.75) is 57.5 Å². The number of hydrogen-bond donors (Lipinski definition) is 3. The van der Waals surface area contributed by atoms with Crippen LogP contribution >= 0.6 is 0 Å². The highest BCUT2D eigenvalue weighted by Crippen LogP contribution is 2.32. The van der Waals surface area contributed by atoms with Gasteiger partial charge in [-0.05, 0) is 50.4 Å². The van der Waals surface area contributed by atoms with Crippen LogP contribution < -0.4 is 10.6 Å². The van der Waals surface area contributed by atoms with Crippen molar-refractivity contribution in [1.29, 1.82) is 0 Å². The Morgan fingerprint density at radius 1 is 1.22 bits per heavy atom. The van der Waals surface area contributed by atoms with Gasteiger partial charge in [-0.2, -0.15) is 0 Å². The minimum atomic E-state index is 0.0775. The Bertz CT molecular complexity index is 271. The molecular formula is C14H26N2O2. The molecule has 104 valence electrons. The highest BCUT2D eigenvalue weighted by molar-refractivity contribution is 5.78. The first-order valence-electron chi connectivity index (χ1n) is 7.32. The molecule has 18 heavy (non-hydrogen) atoms. The molecule has 3 N–H and O–H groups in total. The summed E-state index contributed by atoms with van der Waals surface area (Å²) in [6.45, 7) is 2.76. The maximum Gasteiger partial charge on any atom is 0.234 e. The molecule has 0 aromatic heterocycles. The summed E-state index contributed by atoms with van der Waals surface area (Å²) in [5.74, 6) is 1.47. The lowest BCUT2D eigenvalue weighted by atomic mass is 9.87. The highest BCUT2D eigenvalue weighted by atomic mass is 16.3. The van der Waals surface area contributed by atoms with Crippen LogP contribution in [0.1, 0.15) is 45.4 Å². The van der Waals surface area contributed by atoms with Crippen molar-refractivity contribution in [2.24, 2.45) is 11.8 Å². The van der Waals surface area contributed by atoms with Crippen molar-refractivity contribution in [3.63, 3.8) is 0 Å². The van der Waals surface area contributed by atoms with Crippen LogP contribution in [0.4, 0.5) is 0 Å². The van der Waals surface area contributed by atoms with Gasteiger partial charge in [0.05, 0.1) is 13.2 Å². The second-order valence-electron chi connectivity index (χ2n) is 6.03. The molecule has 0 aliphatic heterocycles. The fraction of sp³-hybridized carbons (Fsp3) is 0.929. The Labute approximate surface area is 110 Å². The molecule has 1 atom stereocenters. The first-order chi connectivity index (χ1) is 8.69. The molecule has 2 rings (SSSR count). The first kappa shape index (κ1) is 13.8. The first-order valence-corrected chi connectivity index (χ1v) is 7.32. The van der Waals surface area contributed by atoms with Gasteiger partial charge in [0.2, 0.25) is 5.91 Å². The van der Waals surface area contributed by atoms with Crippen LogP contribution in [0, 0.1) is 11.8 Å². The number of aliphatic hydroxyl groups is 1. The Balaban J connectivity index is 1.62. The average molecular weight is 254 g/mol. The molecule has 2 aliphatic carbocycles. The largest absolute Gasteiger partial charge is 0.395 e. The Kier molecular flexibility index (Phi) is 5.01. The summed E-state index contributed by atoms with van der Waals surface area (Å²) < 4.78 is 0. The molecule has 2 saturated carbocycles. The van der Waals surface area contributed by atoms with Crippen molar-refractivity contribution in [2.75, 3.05) is 13.2 Å². The summed E-state index contributed by atoms with van der Waals surface area (Å²) in [6.07, 6.45) is 7.03. The molecule has 0 aromatic rings. The predicted molar refractivity (Wildman–Crippen MR) is 71.2 cm³/mol. The van der Waals surface area contributed by atoms with E-state index < -0.39 is 0 Å². The zero-order chi connectivity index (χ0) is 13.0. The molecule has 4 heteroatoms. The van der Waals surface area contributed by atoms with Crippen LogP contribution in [0.3, 0.4) is 0 Å². The van der Waals surface area contributed by atoms with Gasteiger partial charge in [0.1, 0.15) is 0 Å². The summed E-state index contributed by atoms with van der Waals surface area (Å²) in [7, 11) is 0. The fourth-order valence-corrected chi connectivity index (χ4v) is 2.79. The second-order valence-corrected chi connectivity index (χ2v) is 6.03. The van der Waals surface area contributed by atoms with E-state index in [0.717, 1.165) is 18.8 Å². The van der Waals surface area contributed by atoms with E-state index in [0.29, 0.717) is 18.5 Å². The number of carbonyl (C=O) groups is 1. The van der Waals surface area contributed by atoms with Gasteiger partial charge in [-0.25, -0.2) is 0 Å². The Morgan fingerprint density at radius 3 is 2.44 bits per heavy atom. The highest BCUT2D eigenvalue weighted by Gasteiger charge is 2.30. The summed E-state index contributed by atoms with van der Waals surface area (Å²) in [5.41, 5.74) is 0. The zero-order valence-corrected chi connectivity index (χ0v) is 11.3. The molecule has 0 heterocycles. The smallest absolute Gasteiger partial charge is 0.234 e. The summed E-state index contributed by atoms with van der Waals surface area (Å²) in [6, 6.07) is 0.478. The molecule has 2 fully saturated rings. The number of amides is 1. The van der Waals surface area contributed by atoms with Gasteiger partial charge >= 0.3 is 0 Å². The van der Waals surface area contributed by atoms with E-state index in [2.05, 4.69) is 17.6 Å². The van der Waals surface area contributed by atoms with Gasteiger partial charge in [0.25, 0.3) is 0 Å². The quantitative estimate of drug-likeness (QED) is 0.664. The zero-order valence-electron chi connectivity index (χ0n) is 11.3. The monoisotopic (exact) mass is 254 g/mol. The molecule has 0 radical (unpaired) electrons. The third-order valence-corrected chi connectivity index (χ3v) is 4.29. The number of carbonyl (C=O) groups excluding carboxylic acids is 1. The number of hydrogen-bond acceptors (Lipinski definition) is 3. The van der Waals surface area contributed by atoms with E-state index in [4.69, 9.17) is 0 Å². The lowest BCUT2D eigenvalue weighted by Crippen LogP contribution is -2.45. The molecule has 0 aromatic carbocycles. The van der Waals surface area contributed by atoms with Gasteiger partial charge in [0, 0.05) is 12.1 Å². The van der Waals surface area contributed by atoms with Crippen LogP contribution in [0.5, 0.6) is 0 Å². The van der Waals surface area contributed by atoms with Gasteiger partial charge in [-0.3, -0.25) is 4.79 Å². The maximum absolute atomic E-state index is 11.8. The molecule has 1 amide bonds. The third-order valence-electron chi connectivity index (χ3n) is 4.29. The van der Waals surface area contributed by atoms with E-state index in [1.54, 1.807) is 0 Å². The molecule has 4 nitrogen and oxygen atoms in total. The summed E-state index contributed by atoms with van der Waals surface area (Å²) in [5, 5.41) is 15.5. The number of rotatable bonds is 6. The maximum atomic E-state index is 11.8. The van der Waals surface area contributed by atoms with E-state index >= 15 is 0 Å². The van der Waals surface area contributed by atoms with Gasteiger partial charge in [-0.1, -0.05) is 6.92 Å². The van der Waals surface area contributed by atoms with E-state index in [9.17, 15) is 9.90 Å². The Morgan fingerprint density at radius 2 is 1.89 bits per heavy atom. The number of aliphatic hydroxyl groups excluding tert-OH is 1. The molecule has 2 aliphatic rings. The van der Waals surface area contributed by atoms with E-state index in [1.165, 1.54) is 25.7 Å². The van der Waals surface area contributed by atoms with Crippen molar-refractivity contribution in [3.8, 4) is 0 Å². The lowest BCUT2D eigenvalue weighted by molar-refractivity contribution is -0.121. The molecular weight excluding hydrogens is 228 g/mol. The van der Waals surface area contributed by atoms with Gasteiger partial charge < -0.3 is 15.7 Å². The van der Waals surface area contributed by atoms with Crippen molar-refractivity contribution in [3.05, 3.63) is 0 Å². The second kappa shape index (κ2) is 6.53. The minimum Gasteiger partial charge on any atom is -0.395 e. The van der Waals surface area contributed by atoms with Crippen molar-refractivity contribution in [1.82, 2.24) is 10.6 Å². The van der Waals surface area contributed by atoms with E-state index in [1.807, 2.05) is 0 Å². The van der Waals surface area contributed by atoms with Crippen molar-refractivity contribution < 1.29 is 9.90 Å². The third kappa shape index (κ3) is 4.25. The fourth-order valence-electron chi connectivity index (χ4n) is 2.79. The average Bonchev–Trinajstić information content (AvgIpc) is 3.17.